The predicted octanol–water partition coefficient (Wildman–Crippen LogP) is 4.41. The monoisotopic (exact) mass is 424 g/mol. The fraction of sp³-hybridized carbons (Fsp3) is 0.350. The van der Waals surface area contributed by atoms with Crippen LogP contribution in [0.5, 0.6) is 5.75 Å². The van der Waals surface area contributed by atoms with Crippen LogP contribution in [0.3, 0.4) is 0 Å². The molecule has 0 spiro atoms. The molecule has 0 aliphatic rings. The highest BCUT2D eigenvalue weighted by molar-refractivity contribution is 7.89. The van der Waals surface area contributed by atoms with Crippen molar-refractivity contribution >= 4 is 33.2 Å². The van der Waals surface area contributed by atoms with Crippen LogP contribution in [0.25, 0.3) is 0 Å². The van der Waals surface area contributed by atoms with Crippen LogP contribution in [0.2, 0.25) is 5.02 Å². The van der Waals surface area contributed by atoms with Gasteiger partial charge in [-0.15, -0.1) is 0 Å². The third-order valence-corrected chi connectivity index (χ3v) is 6.40. The summed E-state index contributed by atoms with van der Waals surface area (Å²) in [4.78, 5) is 12.8. The molecule has 0 aliphatic heterocycles. The van der Waals surface area contributed by atoms with Crippen LogP contribution in [0.15, 0.2) is 47.4 Å². The van der Waals surface area contributed by atoms with E-state index in [9.17, 15) is 13.2 Å². The largest absolute Gasteiger partial charge is 0.489 e. The molecule has 0 atom stereocenters. The number of hydrogen-bond donors (Lipinski definition) is 1. The maximum Gasteiger partial charge on any atom is 0.257 e. The fourth-order valence-corrected chi connectivity index (χ4v) is 4.38. The van der Waals surface area contributed by atoms with Crippen molar-refractivity contribution in [1.29, 1.82) is 0 Å². The van der Waals surface area contributed by atoms with E-state index in [0.717, 1.165) is 0 Å². The highest BCUT2D eigenvalue weighted by Gasteiger charge is 2.24. The van der Waals surface area contributed by atoms with E-state index in [4.69, 9.17) is 16.3 Å². The van der Waals surface area contributed by atoms with Gasteiger partial charge in [-0.05, 0) is 44.2 Å². The lowest BCUT2D eigenvalue weighted by Gasteiger charge is -2.20. The van der Waals surface area contributed by atoms with Gasteiger partial charge in [0, 0.05) is 13.1 Å². The molecule has 1 N–H and O–H groups in total. The number of hydrogen-bond acceptors (Lipinski definition) is 4. The van der Waals surface area contributed by atoms with Crippen molar-refractivity contribution in [3.63, 3.8) is 0 Å². The minimum Gasteiger partial charge on any atom is -0.489 e. The molecule has 0 saturated heterocycles. The number of rotatable bonds is 8. The van der Waals surface area contributed by atoms with Crippen molar-refractivity contribution in [2.45, 2.75) is 38.7 Å². The molecular weight excluding hydrogens is 400 g/mol. The van der Waals surface area contributed by atoms with Crippen LogP contribution < -0.4 is 10.1 Å². The molecule has 8 heteroatoms. The maximum absolute atomic E-state index is 12.8. The Kier molecular flexibility index (Phi) is 7.46. The Labute approximate surface area is 171 Å². The molecule has 28 heavy (non-hydrogen) atoms. The summed E-state index contributed by atoms with van der Waals surface area (Å²) < 4.78 is 32.8. The van der Waals surface area contributed by atoms with Gasteiger partial charge in [0.05, 0.1) is 27.3 Å². The first-order chi connectivity index (χ1) is 13.2. The minimum atomic E-state index is -3.68. The summed E-state index contributed by atoms with van der Waals surface area (Å²) in [6.45, 7) is 7.95. The van der Waals surface area contributed by atoms with E-state index < -0.39 is 15.9 Å². The minimum absolute atomic E-state index is 0.0850. The standard InChI is InChI=1S/C20H25ClN2O4S/c1-5-23(6-2)28(25,26)15-11-12-19(27-14(3)4)18(13-15)22-20(24)16-9-7-8-10-17(16)21/h7-14H,5-6H2,1-4H3,(H,22,24). The van der Waals surface area contributed by atoms with E-state index in [2.05, 4.69) is 5.32 Å². The number of nitrogens with one attached hydrogen (secondary N) is 1. The average Bonchev–Trinajstić information content (AvgIpc) is 2.63. The summed E-state index contributed by atoms with van der Waals surface area (Å²) >= 11 is 6.10. The molecule has 0 saturated carbocycles. The first kappa shape index (κ1) is 22.2. The molecule has 0 radical (unpaired) electrons. The molecule has 0 aliphatic carbocycles. The van der Waals surface area contributed by atoms with Crippen LogP contribution in [0.4, 0.5) is 5.69 Å². The van der Waals surface area contributed by atoms with Crippen LogP contribution in [-0.4, -0.2) is 37.8 Å². The Morgan fingerprint density at radius 3 is 2.36 bits per heavy atom. The molecule has 0 fully saturated rings. The quantitative estimate of drug-likeness (QED) is 0.681. The lowest BCUT2D eigenvalue weighted by molar-refractivity contribution is 0.102. The number of nitrogens with zero attached hydrogens (tertiary/aromatic N) is 1. The van der Waals surface area contributed by atoms with Crippen LogP contribution in [0.1, 0.15) is 38.1 Å². The second-order valence-corrected chi connectivity index (χ2v) is 8.69. The number of benzene rings is 2. The van der Waals surface area contributed by atoms with Crippen molar-refractivity contribution in [3.8, 4) is 5.75 Å². The molecule has 0 bridgehead atoms. The molecular formula is C20H25ClN2O4S. The number of carbonyl (C=O) groups excluding carboxylic acids is 1. The van der Waals surface area contributed by atoms with Gasteiger partial charge in [0.15, 0.2) is 0 Å². The summed E-state index contributed by atoms with van der Waals surface area (Å²) in [5, 5.41) is 3.03. The van der Waals surface area contributed by atoms with E-state index >= 15 is 0 Å². The van der Waals surface area contributed by atoms with Crippen molar-refractivity contribution in [2.24, 2.45) is 0 Å². The number of sulfonamides is 1. The summed E-state index contributed by atoms with van der Waals surface area (Å²) in [6.07, 6.45) is -0.152. The number of carbonyl (C=O) groups is 1. The van der Waals surface area contributed by atoms with Gasteiger partial charge in [-0.1, -0.05) is 37.6 Å². The topological polar surface area (TPSA) is 75.7 Å². The van der Waals surface area contributed by atoms with E-state index in [1.165, 1.54) is 16.4 Å². The Morgan fingerprint density at radius 1 is 1.14 bits per heavy atom. The van der Waals surface area contributed by atoms with E-state index in [1.807, 2.05) is 13.8 Å². The summed E-state index contributed by atoms with van der Waals surface area (Å²) in [5.74, 6) is -0.0644. The molecule has 152 valence electrons. The molecule has 0 unspecified atom stereocenters. The van der Waals surface area contributed by atoms with E-state index in [-0.39, 0.29) is 22.3 Å². The summed E-state index contributed by atoms with van der Waals surface area (Å²) in [7, 11) is -3.68. The zero-order valence-corrected chi connectivity index (χ0v) is 18.0. The highest BCUT2D eigenvalue weighted by Crippen LogP contribution is 2.31. The summed E-state index contributed by atoms with van der Waals surface area (Å²) in [5.41, 5.74) is 0.559. The van der Waals surface area contributed by atoms with Crippen LogP contribution in [-0.2, 0) is 10.0 Å². The molecule has 2 rings (SSSR count). The summed E-state index contributed by atoms with van der Waals surface area (Å²) in [6, 6.07) is 11.1. The predicted molar refractivity (Wildman–Crippen MR) is 112 cm³/mol. The Hall–Kier alpha value is -2.09. The van der Waals surface area contributed by atoms with Gasteiger partial charge in [0.25, 0.3) is 5.91 Å². The number of halogens is 1. The Bertz CT molecular complexity index is 941. The first-order valence-electron chi connectivity index (χ1n) is 9.07. The fourth-order valence-electron chi connectivity index (χ4n) is 2.67. The lowest BCUT2D eigenvalue weighted by Crippen LogP contribution is -2.30. The van der Waals surface area contributed by atoms with Gasteiger partial charge >= 0.3 is 0 Å². The van der Waals surface area contributed by atoms with Crippen molar-refractivity contribution in [3.05, 3.63) is 53.1 Å². The molecule has 0 heterocycles. The average molecular weight is 425 g/mol. The number of amides is 1. The van der Waals surface area contributed by atoms with Gasteiger partial charge in [-0.25, -0.2) is 8.42 Å². The molecule has 1 amide bonds. The van der Waals surface area contributed by atoms with Gasteiger partial charge in [0.2, 0.25) is 10.0 Å². The second-order valence-electron chi connectivity index (χ2n) is 6.35. The molecule has 2 aromatic carbocycles. The third-order valence-electron chi connectivity index (χ3n) is 4.02. The Balaban J connectivity index is 2.47. The third kappa shape index (κ3) is 5.04. The Morgan fingerprint density at radius 2 is 1.79 bits per heavy atom. The van der Waals surface area contributed by atoms with Crippen LogP contribution >= 0.6 is 11.6 Å². The van der Waals surface area contributed by atoms with Gasteiger partial charge < -0.3 is 10.1 Å². The van der Waals surface area contributed by atoms with Gasteiger partial charge in [-0.3, -0.25) is 4.79 Å². The second kappa shape index (κ2) is 9.41. The SMILES string of the molecule is CCN(CC)S(=O)(=O)c1ccc(OC(C)C)c(NC(=O)c2ccccc2Cl)c1. The van der Waals surface area contributed by atoms with Crippen molar-refractivity contribution in [1.82, 2.24) is 4.31 Å². The number of anilines is 1. The maximum atomic E-state index is 12.8. The van der Waals surface area contributed by atoms with Gasteiger partial charge in [0.1, 0.15) is 5.75 Å². The molecule has 2 aromatic rings. The van der Waals surface area contributed by atoms with Crippen molar-refractivity contribution < 1.29 is 17.9 Å². The van der Waals surface area contributed by atoms with E-state index in [0.29, 0.717) is 23.9 Å². The van der Waals surface area contributed by atoms with Gasteiger partial charge in [-0.2, -0.15) is 4.31 Å². The van der Waals surface area contributed by atoms with Crippen molar-refractivity contribution in [2.75, 3.05) is 18.4 Å². The zero-order valence-electron chi connectivity index (χ0n) is 16.4. The first-order valence-corrected chi connectivity index (χ1v) is 10.9. The number of ether oxygens (including phenoxy) is 1. The molecule has 0 aromatic heterocycles. The smallest absolute Gasteiger partial charge is 0.257 e. The zero-order chi connectivity index (χ0) is 20.9. The van der Waals surface area contributed by atoms with Crippen LogP contribution in [0, 0.1) is 0 Å². The van der Waals surface area contributed by atoms with E-state index in [1.54, 1.807) is 44.2 Å². The lowest BCUT2D eigenvalue weighted by atomic mass is 10.2. The molecule has 6 nitrogen and oxygen atoms in total. The normalized spacial score (nSPS) is 11.7. The highest BCUT2D eigenvalue weighted by atomic mass is 35.5.